The van der Waals surface area contributed by atoms with Crippen LogP contribution in [0.5, 0.6) is 0 Å². The third kappa shape index (κ3) is 1.40. The molecule has 2 unspecified atom stereocenters. The molecule has 2 atom stereocenters. The highest BCUT2D eigenvalue weighted by atomic mass is 16.3. The lowest BCUT2D eigenvalue weighted by molar-refractivity contribution is 0.0118. The lowest BCUT2D eigenvalue weighted by atomic mass is 9.97. The van der Waals surface area contributed by atoms with Crippen LogP contribution in [0.4, 0.5) is 0 Å². The molecular formula is C12H21NO. The quantitative estimate of drug-likeness (QED) is 0.691. The van der Waals surface area contributed by atoms with E-state index >= 15 is 0 Å². The van der Waals surface area contributed by atoms with Crippen molar-refractivity contribution in [3.8, 4) is 0 Å². The molecule has 0 amide bonds. The van der Waals surface area contributed by atoms with Gasteiger partial charge in [0.15, 0.2) is 0 Å². The minimum Gasteiger partial charge on any atom is -0.393 e. The average molecular weight is 195 g/mol. The first-order chi connectivity index (χ1) is 6.84. The number of hydrogen-bond donors (Lipinski definition) is 1. The van der Waals surface area contributed by atoms with Crippen LogP contribution >= 0.6 is 0 Å². The molecule has 0 aromatic rings. The summed E-state index contributed by atoms with van der Waals surface area (Å²) in [6.45, 7) is 0. The number of hydrogen-bond acceptors (Lipinski definition) is 2. The number of rotatable bonds is 1. The molecule has 2 aliphatic heterocycles. The zero-order valence-corrected chi connectivity index (χ0v) is 8.86. The van der Waals surface area contributed by atoms with Gasteiger partial charge in [-0.25, -0.2) is 0 Å². The van der Waals surface area contributed by atoms with Gasteiger partial charge in [0.05, 0.1) is 6.10 Å². The second kappa shape index (κ2) is 3.49. The zero-order valence-electron chi connectivity index (χ0n) is 8.86. The molecule has 2 saturated heterocycles. The topological polar surface area (TPSA) is 23.5 Å². The standard InChI is InChI=1S/C12H21NO/c14-12-7-10-5-6-11(8-12)13(10)9-3-1-2-4-9/h9-12,14H,1-8H2. The van der Waals surface area contributed by atoms with Crippen molar-refractivity contribution in [3.63, 3.8) is 0 Å². The Bertz CT molecular complexity index is 198. The van der Waals surface area contributed by atoms with Gasteiger partial charge < -0.3 is 5.11 Å². The molecule has 2 bridgehead atoms. The fourth-order valence-electron chi connectivity index (χ4n) is 3.98. The lowest BCUT2D eigenvalue weighted by Crippen LogP contribution is -2.49. The Labute approximate surface area is 86.3 Å². The van der Waals surface area contributed by atoms with Crippen molar-refractivity contribution in [1.82, 2.24) is 4.90 Å². The highest BCUT2D eigenvalue weighted by Crippen LogP contribution is 2.40. The van der Waals surface area contributed by atoms with Crippen LogP contribution in [0, 0.1) is 0 Å². The van der Waals surface area contributed by atoms with Gasteiger partial charge in [-0.1, -0.05) is 12.8 Å². The Morgan fingerprint density at radius 1 is 0.786 bits per heavy atom. The smallest absolute Gasteiger partial charge is 0.0570 e. The Balaban J connectivity index is 1.74. The van der Waals surface area contributed by atoms with Gasteiger partial charge in [-0.2, -0.15) is 0 Å². The first-order valence-corrected chi connectivity index (χ1v) is 6.30. The predicted molar refractivity (Wildman–Crippen MR) is 56.1 cm³/mol. The maximum Gasteiger partial charge on any atom is 0.0570 e. The molecule has 1 aliphatic carbocycles. The van der Waals surface area contributed by atoms with E-state index in [2.05, 4.69) is 4.90 Å². The molecule has 3 fully saturated rings. The van der Waals surface area contributed by atoms with Gasteiger partial charge in [-0.05, 0) is 38.5 Å². The van der Waals surface area contributed by atoms with Crippen LogP contribution < -0.4 is 0 Å². The largest absolute Gasteiger partial charge is 0.393 e. The third-order valence-electron chi connectivity index (χ3n) is 4.51. The van der Waals surface area contributed by atoms with Crippen molar-refractivity contribution in [2.24, 2.45) is 0 Å². The van der Waals surface area contributed by atoms with Gasteiger partial charge in [0, 0.05) is 18.1 Å². The normalized spacial score (nSPS) is 44.8. The summed E-state index contributed by atoms with van der Waals surface area (Å²) in [7, 11) is 0. The van der Waals surface area contributed by atoms with Gasteiger partial charge in [-0.15, -0.1) is 0 Å². The van der Waals surface area contributed by atoms with Crippen LogP contribution in [0.1, 0.15) is 51.4 Å². The molecule has 1 N–H and O–H groups in total. The molecule has 1 saturated carbocycles. The molecule has 0 radical (unpaired) electrons. The molecule has 3 aliphatic rings. The SMILES string of the molecule is OC1CC2CCC(C1)N2C1CCCC1. The van der Waals surface area contributed by atoms with Crippen LogP contribution in [-0.4, -0.2) is 34.2 Å². The van der Waals surface area contributed by atoms with E-state index in [9.17, 15) is 5.11 Å². The average Bonchev–Trinajstić information content (AvgIpc) is 2.72. The molecule has 0 aromatic heterocycles. The summed E-state index contributed by atoms with van der Waals surface area (Å²) in [5.41, 5.74) is 0. The van der Waals surface area contributed by atoms with Crippen molar-refractivity contribution in [2.45, 2.75) is 75.6 Å². The number of nitrogens with zero attached hydrogens (tertiary/aromatic N) is 1. The Kier molecular flexibility index (Phi) is 2.29. The molecule has 0 spiro atoms. The van der Waals surface area contributed by atoms with Crippen LogP contribution in [0.2, 0.25) is 0 Å². The monoisotopic (exact) mass is 195 g/mol. The van der Waals surface area contributed by atoms with E-state index in [0.29, 0.717) is 0 Å². The van der Waals surface area contributed by atoms with E-state index in [0.717, 1.165) is 31.0 Å². The number of aliphatic hydroxyl groups excluding tert-OH is 1. The van der Waals surface area contributed by atoms with Crippen LogP contribution in [0.25, 0.3) is 0 Å². The fourth-order valence-corrected chi connectivity index (χ4v) is 3.98. The van der Waals surface area contributed by atoms with Gasteiger partial charge in [0.2, 0.25) is 0 Å². The van der Waals surface area contributed by atoms with Crippen LogP contribution in [0.3, 0.4) is 0 Å². The maximum absolute atomic E-state index is 9.72. The summed E-state index contributed by atoms with van der Waals surface area (Å²) >= 11 is 0. The van der Waals surface area contributed by atoms with Gasteiger partial charge in [-0.3, -0.25) is 4.90 Å². The molecule has 14 heavy (non-hydrogen) atoms. The minimum atomic E-state index is 0.00477. The Morgan fingerprint density at radius 2 is 1.36 bits per heavy atom. The maximum atomic E-state index is 9.72. The molecule has 0 aromatic carbocycles. The van der Waals surface area contributed by atoms with E-state index in [1.165, 1.54) is 38.5 Å². The summed E-state index contributed by atoms with van der Waals surface area (Å²) < 4.78 is 0. The molecule has 3 rings (SSSR count). The van der Waals surface area contributed by atoms with Crippen molar-refractivity contribution >= 4 is 0 Å². The summed E-state index contributed by atoms with van der Waals surface area (Å²) in [5.74, 6) is 0. The minimum absolute atomic E-state index is 0.00477. The molecular weight excluding hydrogens is 174 g/mol. The highest BCUT2D eigenvalue weighted by molar-refractivity contribution is 4.98. The third-order valence-corrected chi connectivity index (χ3v) is 4.51. The van der Waals surface area contributed by atoms with E-state index < -0.39 is 0 Å². The van der Waals surface area contributed by atoms with Crippen LogP contribution in [-0.2, 0) is 0 Å². The Hall–Kier alpha value is -0.0800. The molecule has 80 valence electrons. The summed E-state index contributed by atoms with van der Waals surface area (Å²) in [6, 6.07) is 2.33. The van der Waals surface area contributed by atoms with Crippen LogP contribution in [0.15, 0.2) is 0 Å². The predicted octanol–water partition coefficient (Wildman–Crippen LogP) is 1.92. The summed E-state index contributed by atoms with van der Waals surface area (Å²) in [5, 5.41) is 9.72. The number of aliphatic hydroxyl groups is 1. The lowest BCUT2D eigenvalue weighted by Gasteiger charge is -2.41. The van der Waals surface area contributed by atoms with Crippen molar-refractivity contribution < 1.29 is 5.11 Å². The van der Waals surface area contributed by atoms with Gasteiger partial charge in [0.1, 0.15) is 0 Å². The second-order valence-electron chi connectivity index (χ2n) is 5.40. The summed E-state index contributed by atoms with van der Waals surface area (Å²) in [6.07, 6.45) is 10.5. The molecule has 2 heteroatoms. The van der Waals surface area contributed by atoms with E-state index in [-0.39, 0.29) is 6.10 Å². The highest BCUT2D eigenvalue weighted by Gasteiger charge is 2.43. The van der Waals surface area contributed by atoms with E-state index in [4.69, 9.17) is 0 Å². The second-order valence-corrected chi connectivity index (χ2v) is 5.40. The number of fused-ring (bicyclic) bond motifs is 2. The van der Waals surface area contributed by atoms with E-state index in [1.807, 2.05) is 0 Å². The van der Waals surface area contributed by atoms with E-state index in [1.54, 1.807) is 0 Å². The van der Waals surface area contributed by atoms with Crippen molar-refractivity contribution in [2.75, 3.05) is 0 Å². The number of piperidine rings is 1. The Morgan fingerprint density at radius 3 is 1.93 bits per heavy atom. The summed E-state index contributed by atoms with van der Waals surface area (Å²) in [4.78, 5) is 2.78. The zero-order chi connectivity index (χ0) is 9.54. The fraction of sp³-hybridized carbons (Fsp3) is 1.00. The van der Waals surface area contributed by atoms with Gasteiger partial charge in [0.25, 0.3) is 0 Å². The first-order valence-electron chi connectivity index (χ1n) is 6.30. The molecule has 2 nitrogen and oxygen atoms in total. The molecule has 2 heterocycles. The first kappa shape index (κ1) is 9.17. The van der Waals surface area contributed by atoms with Crippen molar-refractivity contribution in [3.05, 3.63) is 0 Å². The van der Waals surface area contributed by atoms with Gasteiger partial charge >= 0.3 is 0 Å². The van der Waals surface area contributed by atoms with Crippen molar-refractivity contribution in [1.29, 1.82) is 0 Å².